The van der Waals surface area contributed by atoms with Gasteiger partial charge in [0.1, 0.15) is 5.75 Å². The number of carboxylic acid groups (broad SMARTS) is 1. The number of hydrogen-bond acceptors (Lipinski definition) is 2. The Labute approximate surface area is 141 Å². The van der Waals surface area contributed by atoms with Gasteiger partial charge in [-0.3, -0.25) is 0 Å². The first-order valence-corrected chi connectivity index (χ1v) is 9.18. The van der Waals surface area contributed by atoms with Gasteiger partial charge in [0.15, 0.2) is 0 Å². The number of ether oxygens (including phenoxy) is 1. The molecule has 1 aromatic carbocycles. The Morgan fingerprint density at radius 3 is 2.00 bits per heavy atom. The van der Waals surface area contributed by atoms with Crippen LogP contribution >= 0.6 is 0 Å². The molecule has 0 aliphatic carbocycles. The summed E-state index contributed by atoms with van der Waals surface area (Å²) in [6, 6.07) is 3.91. The fourth-order valence-corrected chi connectivity index (χ4v) is 3.10. The van der Waals surface area contributed by atoms with E-state index in [0.29, 0.717) is 5.75 Å². The molecule has 0 aliphatic heterocycles. The second-order valence-electron chi connectivity index (χ2n) is 6.21. The van der Waals surface area contributed by atoms with Crippen molar-refractivity contribution in [1.29, 1.82) is 0 Å². The molecule has 0 heterocycles. The zero-order chi connectivity index (χ0) is 17.1. The summed E-state index contributed by atoms with van der Waals surface area (Å²) in [6.45, 7) is 6.58. The third-order valence-corrected chi connectivity index (χ3v) is 4.26. The minimum Gasteiger partial charge on any atom is -0.449 e. The first kappa shape index (κ1) is 19.5. The van der Waals surface area contributed by atoms with Gasteiger partial charge in [-0.1, -0.05) is 58.9 Å². The van der Waals surface area contributed by atoms with E-state index in [4.69, 9.17) is 9.84 Å². The maximum atomic E-state index is 11.0. The molecule has 1 aromatic rings. The van der Waals surface area contributed by atoms with Gasteiger partial charge in [0, 0.05) is 0 Å². The van der Waals surface area contributed by atoms with Crippen molar-refractivity contribution in [2.75, 3.05) is 0 Å². The maximum Gasteiger partial charge on any atom is 0.511 e. The van der Waals surface area contributed by atoms with Crippen LogP contribution in [0.3, 0.4) is 0 Å². The largest absolute Gasteiger partial charge is 0.511 e. The van der Waals surface area contributed by atoms with E-state index in [0.717, 1.165) is 50.5 Å². The summed E-state index contributed by atoms with van der Waals surface area (Å²) >= 11 is 0. The zero-order valence-electron chi connectivity index (χ0n) is 15.0. The maximum absolute atomic E-state index is 11.0. The van der Waals surface area contributed by atoms with Gasteiger partial charge in [-0.05, 0) is 54.9 Å². The van der Waals surface area contributed by atoms with Gasteiger partial charge in [-0.25, -0.2) is 4.79 Å². The molecule has 3 heteroatoms. The van der Waals surface area contributed by atoms with Crippen molar-refractivity contribution in [3.8, 4) is 5.75 Å². The van der Waals surface area contributed by atoms with Crippen molar-refractivity contribution in [3.63, 3.8) is 0 Å². The number of unbranched alkanes of at least 4 members (excludes halogenated alkanes) is 4. The smallest absolute Gasteiger partial charge is 0.449 e. The van der Waals surface area contributed by atoms with Gasteiger partial charge in [0.2, 0.25) is 0 Å². The summed E-state index contributed by atoms with van der Waals surface area (Å²) in [7, 11) is 0. The number of hydrogen-bond donors (Lipinski definition) is 1. The zero-order valence-corrected chi connectivity index (χ0v) is 15.0. The molecular weight excluding hydrogens is 288 g/mol. The van der Waals surface area contributed by atoms with E-state index in [1.54, 1.807) is 0 Å². The second kappa shape index (κ2) is 11.1. The average Bonchev–Trinajstić information content (AvgIpc) is 2.51. The van der Waals surface area contributed by atoms with Crippen LogP contribution in [0.2, 0.25) is 0 Å². The molecule has 3 nitrogen and oxygen atoms in total. The van der Waals surface area contributed by atoms with Crippen molar-refractivity contribution in [2.45, 2.75) is 85.0 Å². The van der Waals surface area contributed by atoms with Crippen molar-refractivity contribution in [1.82, 2.24) is 0 Å². The fraction of sp³-hybridized carbons (Fsp3) is 0.650. The van der Waals surface area contributed by atoms with Gasteiger partial charge in [0.05, 0.1) is 0 Å². The molecule has 0 unspecified atom stereocenters. The Hall–Kier alpha value is -1.51. The van der Waals surface area contributed by atoms with Crippen LogP contribution in [-0.4, -0.2) is 11.3 Å². The lowest BCUT2D eigenvalue weighted by Crippen LogP contribution is -2.09. The Kier molecular flexibility index (Phi) is 9.42. The summed E-state index contributed by atoms with van der Waals surface area (Å²) in [5.74, 6) is 0.542. The molecule has 0 aliphatic rings. The van der Waals surface area contributed by atoms with Crippen LogP contribution in [0.15, 0.2) is 12.1 Å². The van der Waals surface area contributed by atoms with E-state index in [-0.39, 0.29) is 0 Å². The second-order valence-corrected chi connectivity index (χ2v) is 6.21. The van der Waals surface area contributed by atoms with E-state index in [1.807, 2.05) is 6.07 Å². The fourth-order valence-electron chi connectivity index (χ4n) is 3.10. The van der Waals surface area contributed by atoms with E-state index >= 15 is 0 Å². The van der Waals surface area contributed by atoms with Crippen molar-refractivity contribution < 1.29 is 14.6 Å². The van der Waals surface area contributed by atoms with Crippen molar-refractivity contribution in [3.05, 3.63) is 28.8 Å². The minimum atomic E-state index is -1.22. The predicted octanol–water partition coefficient (Wildman–Crippen LogP) is 6.16. The van der Waals surface area contributed by atoms with Crippen LogP contribution in [-0.2, 0) is 19.3 Å². The molecule has 0 saturated heterocycles. The first-order valence-electron chi connectivity index (χ1n) is 9.18. The van der Waals surface area contributed by atoms with Crippen LogP contribution < -0.4 is 4.74 Å². The highest BCUT2D eigenvalue weighted by molar-refractivity contribution is 5.63. The first-order chi connectivity index (χ1) is 11.1. The SMILES string of the molecule is CCCCCc1c(CCC)ccc(OC(=O)O)c1CCCCC. The molecule has 0 bridgehead atoms. The molecule has 0 aromatic heterocycles. The van der Waals surface area contributed by atoms with E-state index in [9.17, 15) is 4.79 Å². The number of benzene rings is 1. The molecule has 0 radical (unpaired) electrons. The molecule has 0 saturated carbocycles. The summed E-state index contributed by atoms with van der Waals surface area (Å²) < 4.78 is 5.07. The van der Waals surface area contributed by atoms with Gasteiger partial charge < -0.3 is 9.84 Å². The van der Waals surface area contributed by atoms with Crippen LogP contribution in [0.5, 0.6) is 5.75 Å². The lowest BCUT2D eigenvalue weighted by molar-refractivity contribution is 0.144. The summed E-state index contributed by atoms with van der Waals surface area (Å²) in [5.41, 5.74) is 3.84. The summed E-state index contributed by atoms with van der Waals surface area (Å²) in [4.78, 5) is 11.0. The highest BCUT2D eigenvalue weighted by Crippen LogP contribution is 2.30. The highest BCUT2D eigenvalue weighted by Gasteiger charge is 2.16. The number of rotatable bonds is 11. The van der Waals surface area contributed by atoms with E-state index in [1.165, 1.54) is 30.4 Å². The molecule has 1 rings (SSSR count). The summed E-state index contributed by atoms with van der Waals surface area (Å²) in [5, 5.41) is 9.02. The van der Waals surface area contributed by atoms with E-state index < -0.39 is 6.16 Å². The Morgan fingerprint density at radius 2 is 1.48 bits per heavy atom. The summed E-state index contributed by atoms with van der Waals surface area (Å²) in [6.07, 6.45) is 9.86. The topological polar surface area (TPSA) is 46.5 Å². The predicted molar refractivity (Wildman–Crippen MR) is 95.5 cm³/mol. The molecule has 0 atom stereocenters. The standard InChI is InChI=1S/C20H32O3/c1-4-7-9-12-17-16(11-6-3)14-15-19(23-20(21)22)18(17)13-10-8-5-2/h14-15H,4-13H2,1-3H3,(H,21,22). The van der Waals surface area contributed by atoms with Gasteiger partial charge >= 0.3 is 6.16 Å². The molecule has 0 fully saturated rings. The third-order valence-electron chi connectivity index (χ3n) is 4.26. The molecular formula is C20H32O3. The lowest BCUT2D eigenvalue weighted by atomic mass is 9.90. The Bertz CT molecular complexity index is 480. The van der Waals surface area contributed by atoms with Crippen LogP contribution in [0, 0.1) is 0 Å². The van der Waals surface area contributed by atoms with Crippen LogP contribution in [0.1, 0.15) is 82.4 Å². The van der Waals surface area contributed by atoms with Crippen LogP contribution in [0.25, 0.3) is 0 Å². The van der Waals surface area contributed by atoms with Gasteiger partial charge in [-0.2, -0.15) is 0 Å². The van der Waals surface area contributed by atoms with Gasteiger partial charge in [-0.15, -0.1) is 0 Å². The molecule has 1 N–H and O–H groups in total. The van der Waals surface area contributed by atoms with Crippen molar-refractivity contribution >= 4 is 6.16 Å². The number of carbonyl (C=O) groups is 1. The van der Waals surface area contributed by atoms with Gasteiger partial charge in [0.25, 0.3) is 0 Å². The lowest BCUT2D eigenvalue weighted by Gasteiger charge is -2.18. The quantitative estimate of drug-likeness (QED) is 0.301. The number of aryl methyl sites for hydroxylation is 1. The molecule has 0 amide bonds. The highest BCUT2D eigenvalue weighted by atomic mass is 16.7. The van der Waals surface area contributed by atoms with E-state index in [2.05, 4.69) is 26.8 Å². The third kappa shape index (κ3) is 6.64. The molecule has 130 valence electrons. The Balaban J connectivity index is 3.14. The average molecular weight is 320 g/mol. The van der Waals surface area contributed by atoms with Crippen LogP contribution in [0.4, 0.5) is 4.79 Å². The molecule has 0 spiro atoms. The minimum absolute atomic E-state index is 0.542. The monoisotopic (exact) mass is 320 g/mol. The Morgan fingerprint density at radius 1 is 0.870 bits per heavy atom. The van der Waals surface area contributed by atoms with Crippen molar-refractivity contribution in [2.24, 2.45) is 0 Å². The molecule has 23 heavy (non-hydrogen) atoms. The normalized spacial score (nSPS) is 10.7.